The molecule has 0 amide bonds. The van der Waals surface area contributed by atoms with Gasteiger partial charge in [-0.3, -0.25) is 0 Å². The van der Waals surface area contributed by atoms with Gasteiger partial charge in [0.2, 0.25) is 0 Å². The van der Waals surface area contributed by atoms with Gasteiger partial charge in [0.05, 0.1) is 11.7 Å². The Bertz CT molecular complexity index is 404. The number of pyridine rings is 1. The predicted molar refractivity (Wildman–Crippen MR) is 67.5 cm³/mol. The molecule has 0 saturated heterocycles. The lowest BCUT2D eigenvalue weighted by molar-refractivity contribution is 0.132. The minimum atomic E-state index is -0.441. The van der Waals surface area contributed by atoms with Crippen LogP contribution < -0.4 is 5.32 Å². The summed E-state index contributed by atoms with van der Waals surface area (Å²) in [6.07, 6.45) is 1.89. The van der Waals surface area contributed by atoms with E-state index >= 15 is 0 Å². The summed E-state index contributed by atoms with van der Waals surface area (Å²) in [5.74, 6) is 0.531. The molecule has 17 heavy (non-hydrogen) atoms. The molecule has 0 bridgehead atoms. The Hall–Kier alpha value is -1.60. The molecular weight excluding hydrogens is 214 g/mol. The highest BCUT2D eigenvalue weighted by Crippen LogP contribution is 2.21. The quantitative estimate of drug-likeness (QED) is 0.836. The summed E-state index contributed by atoms with van der Waals surface area (Å²) in [5, 5.41) is 21.7. The number of nitrogens with one attached hydrogen (secondary N) is 1. The van der Waals surface area contributed by atoms with Gasteiger partial charge in [-0.15, -0.1) is 0 Å². The zero-order valence-electron chi connectivity index (χ0n) is 10.6. The van der Waals surface area contributed by atoms with E-state index in [0.717, 1.165) is 0 Å². The highest BCUT2D eigenvalue weighted by molar-refractivity contribution is 5.51. The summed E-state index contributed by atoms with van der Waals surface area (Å²) in [6.45, 7) is 6.65. The number of hydrogen-bond donors (Lipinski definition) is 2. The van der Waals surface area contributed by atoms with Crippen LogP contribution in [0.5, 0.6) is 0 Å². The Labute approximate surface area is 102 Å². The molecule has 1 atom stereocenters. The van der Waals surface area contributed by atoms with Crippen LogP contribution >= 0.6 is 0 Å². The molecule has 0 saturated carbocycles. The van der Waals surface area contributed by atoms with Gasteiger partial charge in [0.25, 0.3) is 0 Å². The van der Waals surface area contributed by atoms with E-state index in [2.05, 4.69) is 37.1 Å². The Morgan fingerprint density at radius 1 is 1.53 bits per heavy atom. The Balaban J connectivity index is 2.54. The number of anilines is 1. The van der Waals surface area contributed by atoms with E-state index in [-0.39, 0.29) is 5.41 Å². The van der Waals surface area contributed by atoms with Crippen molar-refractivity contribution in [2.45, 2.75) is 33.3 Å². The third kappa shape index (κ3) is 4.83. The molecule has 0 aliphatic heterocycles. The van der Waals surface area contributed by atoms with Gasteiger partial charge in [-0.2, -0.15) is 5.26 Å². The third-order valence-corrected chi connectivity index (χ3v) is 2.28. The minimum absolute atomic E-state index is 0.0866. The fourth-order valence-electron chi connectivity index (χ4n) is 1.63. The highest BCUT2D eigenvalue weighted by Gasteiger charge is 2.16. The molecule has 1 heterocycles. The van der Waals surface area contributed by atoms with Gasteiger partial charge in [0, 0.05) is 12.7 Å². The van der Waals surface area contributed by atoms with E-state index in [9.17, 15) is 5.11 Å². The van der Waals surface area contributed by atoms with Gasteiger partial charge in [-0.1, -0.05) is 20.8 Å². The molecule has 0 fully saturated rings. The fraction of sp³-hybridized carbons (Fsp3) is 0.538. The number of rotatable bonds is 4. The minimum Gasteiger partial charge on any atom is -0.391 e. The predicted octanol–water partition coefficient (Wildman–Crippen LogP) is 2.16. The lowest BCUT2D eigenvalue weighted by Gasteiger charge is -2.22. The topological polar surface area (TPSA) is 68.9 Å². The van der Waals surface area contributed by atoms with E-state index in [0.29, 0.717) is 24.3 Å². The Morgan fingerprint density at radius 2 is 2.24 bits per heavy atom. The largest absolute Gasteiger partial charge is 0.391 e. The second kappa shape index (κ2) is 5.65. The summed E-state index contributed by atoms with van der Waals surface area (Å²) in [6, 6.07) is 5.48. The van der Waals surface area contributed by atoms with Gasteiger partial charge in [0.1, 0.15) is 11.9 Å². The standard InChI is InChI=1S/C13H19N3O/c1-13(2,3)7-11(17)9-16-12-10(8-14)5-4-6-15-12/h4-6,11,17H,7,9H2,1-3H3,(H,15,16). The zero-order valence-corrected chi connectivity index (χ0v) is 10.6. The zero-order chi connectivity index (χ0) is 12.9. The van der Waals surface area contributed by atoms with Crippen molar-refractivity contribution in [3.63, 3.8) is 0 Å². The smallest absolute Gasteiger partial charge is 0.143 e. The molecule has 1 aromatic heterocycles. The van der Waals surface area contributed by atoms with Crippen LogP contribution in [0, 0.1) is 16.7 Å². The van der Waals surface area contributed by atoms with Crippen LogP contribution in [0.4, 0.5) is 5.82 Å². The molecule has 1 rings (SSSR count). The van der Waals surface area contributed by atoms with Crippen molar-refractivity contribution in [3.05, 3.63) is 23.9 Å². The van der Waals surface area contributed by atoms with Crippen molar-refractivity contribution in [1.82, 2.24) is 4.98 Å². The van der Waals surface area contributed by atoms with Crippen molar-refractivity contribution < 1.29 is 5.11 Å². The van der Waals surface area contributed by atoms with E-state index in [1.807, 2.05) is 0 Å². The van der Waals surface area contributed by atoms with Crippen LogP contribution in [0.3, 0.4) is 0 Å². The first-order chi connectivity index (χ1) is 7.92. The molecule has 92 valence electrons. The van der Waals surface area contributed by atoms with E-state index in [1.54, 1.807) is 18.3 Å². The van der Waals surface area contributed by atoms with Crippen LogP contribution in [0.2, 0.25) is 0 Å². The van der Waals surface area contributed by atoms with Gasteiger partial charge in [0.15, 0.2) is 0 Å². The summed E-state index contributed by atoms with van der Waals surface area (Å²) < 4.78 is 0. The molecule has 1 aromatic rings. The first-order valence-electron chi connectivity index (χ1n) is 5.69. The maximum Gasteiger partial charge on any atom is 0.143 e. The molecule has 0 aromatic carbocycles. The molecule has 4 heteroatoms. The summed E-state index contributed by atoms with van der Waals surface area (Å²) in [7, 11) is 0. The molecule has 0 aliphatic carbocycles. The molecule has 2 N–H and O–H groups in total. The SMILES string of the molecule is CC(C)(C)CC(O)CNc1ncccc1C#N. The second-order valence-corrected chi connectivity index (χ2v) is 5.31. The lowest BCUT2D eigenvalue weighted by Crippen LogP contribution is -2.25. The fourth-order valence-corrected chi connectivity index (χ4v) is 1.63. The average Bonchev–Trinajstić information content (AvgIpc) is 2.24. The molecule has 0 aliphatic rings. The van der Waals surface area contributed by atoms with Crippen molar-refractivity contribution in [3.8, 4) is 6.07 Å². The van der Waals surface area contributed by atoms with Gasteiger partial charge < -0.3 is 10.4 Å². The number of hydrogen-bond acceptors (Lipinski definition) is 4. The van der Waals surface area contributed by atoms with Crippen LogP contribution in [-0.4, -0.2) is 22.7 Å². The molecule has 4 nitrogen and oxygen atoms in total. The van der Waals surface area contributed by atoms with Gasteiger partial charge in [-0.25, -0.2) is 4.98 Å². The normalized spacial score (nSPS) is 12.9. The van der Waals surface area contributed by atoms with Crippen LogP contribution in [0.25, 0.3) is 0 Å². The molecular formula is C13H19N3O. The Kier molecular flexibility index (Phi) is 4.47. The van der Waals surface area contributed by atoms with Crippen LogP contribution in [-0.2, 0) is 0 Å². The summed E-state index contributed by atoms with van der Waals surface area (Å²) >= 11 is 0. The van der Waals surface area contributed by atoms with Crippen LogP contribution in [0.1, 0.15) is 32.8 Å². The van der Waals surface area contributed by atoms with Crippen molar-refractivity contribution in [2.75, 3.05) is 11.9 Å². The third-order valence-electron chi connectivity index (χ3n) is 2.28. The molecule has 1 unspecified atom stereocenters. The maximum atomic E-state index is 9.84. The number of aliphatic hydroxyl groups is 1. The number of nitriles is 1. The molecule has 0 spiro atoms. The number of aliphatic hydroxyl groups excluding tert-OH is 1. The first kappa shape index (κ1) is 13.5. The summed E-state index contributed by atoms with van der Waals surface area (Å²) in [5.41, 5.74) is 0.582. The lowest BCUT2D eigenvalue weighted by atomic mass is 9.89. The van der Waals surface area contributed by atoms with Crippen molar-refractivity contribution in [2.24, 2.45) is 5.41 Å². The number of aromatic nitrogens is 1. The summed E-state index contributed by atoms with van der Waals surface area (Å²) in [4.78, 5) is 4.07. The first-order valence-corrected chi connectivity index (χ1v) is 5.69. The monoisotopic (exact) mass is 233 g/mol. The molecule has 0 radical (unpaired) electrons. The maximum absolute atomic E-state index is 9.84. The van der Waals surface area contributed by atoms with Crippen molar-refractivity contribution in [1.29, 1.82) is 5.26 Å². The van der Waals surface area contributed by atoms with Crippen LogP contribution in [0.15, 0.2) is 18.3 Å². The Morgan fingerprint density at radius 3 is 2.82 bits per heavy atom. The highest BCUT2D eigenvalue weighted by atomic mass is 16.3. The van der Waals surface area contributed by atoms with Gasteiger partial charge >= 0.3 is 0 Å². The average molecular weight is 233 g/mol. The van der Waals surface area contributed by atoms with E-state index in [4.69, 9.17) is 5.26 Å². The van der Waals surface area contributed by atoms with E-state index < -0.39 is 6.10 Å². The number of nitrogens with zero attached hydrogens (tertiary/aromatic N) is 2. The second-order valence-electron chi connectivity index (χ2n) is 5.31. The van der Waals surface area contributed by atoms with Gasteiger partial charge in [-0.05, 0) is 24.0 Å². The van der Waals surface area contributed by atoms with E-state index in [1.165, 1.54) is 0 Å². The van der Waals surface area contributed by atoms with Crippen molar-refractivity contribution >= 4 is 5.82 Å².